The molecule has 1 fully saturated rings. The molecule has 19 heavy (non-hydrogen) atoms. The average molecular weight is 267 g/mol. The number of aryl methyl sites for hydroxylation is 1. The predicted molar refractivity (Wildman–Crippen MR) is 69.6 cm³/mol. The first-order valence-corrected chi connectivity index (χ1v) is 6.64. The van der Waals surface area contributed by atoms with Crippen molar-refractivity contribution in [2.24, 2.45) is 0 Å². The third-order valence-corrected chi connectivity index (χ3v) is 3.08. The minimum Gasteiger partial charge on any atom is -0.375 e. The lowest BCUT2D eigenvalue weighted by molar-refractivity contribution is -0.119. The molecule has 0 saturated carbocycles. The molecule has 2 heterocycles. The molecule has 2 rings (SSSR count). The van der Waals surface area contributed by atoms with Crippen molar-refractivity contribution in [3.8, 4) is 0 Å². The van der Waals surface area contributed by atoms with Crippen molar-refractivity contribution in [1.82, 2.24) is 15.4 Å². The lowest BCUT2D eigenvalue weighted by Gasteiger charge is -2.22. The zero-order valence-electron chi connectivity index (χ0n) is 11.5. The molecule has 1 aromatic heterocycles. The van der Waals surface area contributed by atoms with Gasteiger partial charge in [-0.3, -0.25) is 9.69 Å². The van der Waals surface area contributed by atoms with Gasteiger partial charge in [0.05, 0.1) is 11.8 Å². The monoisotopic (exact) mass is 267 g/mol. The lowest BCUT2D eigenvalue weighted by Crippen LogP contribution is -2.39. The van der Waals surface area contributed by atoms with E-state index in [0.29, 0.717) is 6.54 Å². The van der Waals surface area contributed by atoms with Crippen molar-refractivity contribution in [2.45, 2.75) is 32.9 Å². The maximum atomic E-state index is 10.9. The van der Waals surface area contributed by atoms with E-state index in [1.807, 2.05) is 13.0 Å². The Kier molecular flexibility index (Phi) is 4.93. The van der Waals surface area contributed by atoms with Gasteiger partial charge in [0.2, 0.25) is 5.91 Å². The lowest BCUT2D eigenvalue weighted by atomic mass is 10.3. The van der Waals surface area contributed by atoms with Crippen molar-refractivity contribution in [1.29, 1.82) is 0 Å². The molecule has 1 amide bonds. The summed E-state index contributed by atoms with van der Waals surface area (Å²) in [6.07, 6.45) is 1.03. The number of amides is 1. The van der Waals surface area contributed by atoms with Crippen molar-refractivity contribution in [3.63, 3.8) is 0 Å². The SMILES string of the molecule is CC(=O)NCC1CN(Cc2cc(C)on2)CCCO1. The van der Waals surface area contributed by atoms with E-state index in [-0.39, 0.29) is 12.0 Å². The molecule has 0 radical (unpaired) electrons. The maximum absolute atomic E-state index is 10.9. The van der Waals surface area contributed by atoms with Crippen molar-refractivity contribution in [2.75, 3.05) is 26.2 Å². The van der Waals surface area contributed by atoms with Gasteiger partial charge in [-0.05, 0) is 13.3 Å². The topological polar surface area (TPSA) is 67.6 Å². The molecule has 0 bridgehead atoms. The van der Waals surface area contributed by atoms with Gasteiger partial charge >= 0.3 is 0 Å². The molecule has 6 nitrogen and oxygen atoms in total. The third-order valence-electron chi connectivity index (χ3n) is 3.08. The summed E-state index contributed by atoms with van der Waals surface area (Å²) in [6, 6.07) is 1.95. The van der Waals surface area contributed by atoms with Crippen LogP contribution in [0, 0.1) is 6.92 Å². The van der Waals surface area contributed by atoms with E-state index in [1.54, 1.807) is 0 Å². The van der Waals surface area contributed by atoms with Crippen LogP contribution >= 0.6 is 0 Å². The Hall–Kier alpha value is -1.40. The van der Waals surface area contributed by atoms with Crippen molar-refractivity contribution in [3.05, 3.63) is 17.5 Å². The molecule has 1 unspecified atom stereocenters. The van der Waals surface area contributed by atoms with Crippen molar-refractivity contribution < 1.29 is 14.1 Å². The average Bonchev–Trinajstić information content (AvgIpc) is 2.62. The molecule has 1 N–H and O–H groups in total. The Labute approximate surface area is 113 Å². The first-order chi connectivity index (χ1) is 9.13. The van der Waals surface area contributed by atoms with E-state index >= 15 is 0 Å². The minimum atomic E-state index is -0.0217. The Morgan fingerprint density at radius 1 is 1.63 bits per heavy atom. The smallest absolute Gasteiger partial charge is 0.216 e. The standard InChI is InChI=1S/C13H21N3O3/c1-10-6-12(15-19-10)8-16-4-3-5-18-13(9-16)7-14-11(2)17/h6,13H,3-5,7-9H2,1-2H3,(H,14,17). The highest BCUT2D eigenvalue weighted by Crippen LogP contribution is 2.11. The van der Waals surface area contributed by atoms with Crippen LogP contribution in [0.2, 0.25) is 0 Å². The van der Waals surface area contributed by atoms with Crippen LogP contribution < -0.4 is 5.32 Å². The molecule has 1 aromatic rings. The first kappa shape index (κ1) is 14.0. The zero-order valence-corrected chi connectivity index (χ0v) is 11.5. The second-order valence-corrected chi connectivity index (χ2v) is 4.95. The number of rotatable bonds is 4. The Morgan fingerprint density at radius 3 is 3.16 bits per heavy atom. The summed E-state index contributed by atoms with van der Waals surface area (Å²) < 4.78 is 10.8. The van der Waals surface area contributed by atoms with E-state index in [9.17, 15) is 4.79 Å². The highest BCUT2D eigenvalue weighted by Gasteiger charge is 2.19. The van der Waals surface area contributed by atoms with Crippen LogP contribution in [0.5, 0.6) is 0 Å². The van der Waals surface area contributed by atoms with Gasteiger partial charge in [0.1, 0.15) is 5.76 Å². The molecule has 0 aromatic carbocycles. The fraction of sp³-hybridized carbons (Fsp3) is 0.692. The second kappa shape index (κ2) is 6.68. The van der Waals surface area contributed by atoms with E-state index < -0.39 is 0 Å². The summed E-state index contributed by atoms with van der Waals surface area (Å²) in [4.78, 5) is 13.2. The fourth-order valence-electron chi connectivity index (χ4n) is 2.22. The summed E-state index contributed by atoms with van der Waals surface area (Å²) in [5.41, 5.74) is 0.942. The highest BCUT2D eigenvalue weighted by molar-refractivity contribution is 5.72. The molecule has 1 aliphatic rings. The van der Waals surface area contributed by atoms with Crippen LogP contribution in [0.25, 0.3) is 0 Å². The molecular weight excluding hydrogens is 246 g/mol. The van der Waals surface area contributed by atoms with Gasteiger partial charge in [-0.15, -0.1) is 0 Å². The molecule has 106 valence electrons. The van der Waals surface area contributed by atoms with E-state index in [1.165, 1.54) is 6.92 Å². The molecule has 1 saturated heterocycles. The number of nitrogens with zero attached hydrogens (tertiary/aromatic N) is 2. The second-order valence-electron chi connectivity index (χ2n) is 4.95. The number of aromatic nitrogens is 1. The van der Waals surface area contributed by atoms with Gasteiger partial charge in [0, 0.05) is 45.8 Å². The highest BCUT2D eigenvalue weighted by atomic mass is 16.5. The molecule has 1 atom stereocenters. The summed E-state index contributed by atoms with van der Waals surface area (Å²) >= 11 is 0. The number of hydrogen-bond acceptors (Lipinski definition) is 5. The van der Waals surface area contributed by atoms with E-state index in [2.05, 4.69) is 15.4 Å². The van der Waals surface area contributed by atoms with Crippen LogP contribution in [0.3, 0.4) is 0 Å². The first-order valence-electron chi connectivity index (χ1n) is 6.64. The minimum absolute atomic E-state index is 0.0217. The normalized spacial score (nSPS) is 21.1. The quantitative estimate of drug-likeness (QED) is 0.870. The van der Waals surface area contributed by atoms with Crippen molar-refractivity contribution >= 4 is 5.91 Å². The molecule has 0 aliphatic carbocycles. The van der Waals surface area contributed by atoms with Crippen LogP contribution in [0.1, 0.15) is 24.8 Å². The maximum Gasteiger partial charge on any atom is 0.216 e. The molecule has 6 heteroatoms. The van der Waals surface area contributed by atoms with Gasteiger partial charge in [-0.1, -0.05) is 5.16 Å². The van der Waals surface area contributed by atoms with Gasteiger partial charge in [-0.2, -0.15) is 0 Å². The number of carbonyl (C=O) groups is 1. The largest absolute Gasteiger partial charge is 0.375 e. The van der Waals surface area contributed by atoms with Crippen LogP contribution in [0.15, 0.2) is 10.6 Å². The summed E-state index contributed by atoms with van der Waals surface area (Å²) in [5, 5.41) is 6.82. The number of hydrogen-bond donors (Lipinski definition) is 1. The van der Waals surface area contributed by atoms with Gasteiger partial charge in [-0.25, -0.2) is 0 Å². The molecule has 1 aliphatic heterocycles. The van der Waals surface area contributed by atoms with Gasteiger partial charge < -0.3 is 14.6 Å². The fourth-order valence-corrected chi connectivity index (χ4v) is 2.22. The number of ether oxygens (including phenoxy) is 1. The van der Waals surface area contributed by atoms with Crippen LogP contribution in [-0.2, 0) is 16.1 Å². The summed E-state index contributed by atoms with van der Waals surface area (Å²) in [7, 11) is 0. The Balaban J connectivity index is 1.87. The van der Waals surface area contributed by atoms with Crippen LogP contribution in [0.4, 0.5) is 0 Å². The Bertz CT molecular complexity index is 419. The zero-order chi connectivity index (χ0) is 13.7. The van der Waals surface area contributed by atoms with Gasteiger partial charge in [0.15, 0.2) is 0 Å². The Morgan fingerprint density at radius 2 is 2.47 bits per heavy atom. The summed E-state index contributed by atoms with van der Waals surface area (Å²) in [5.74, 6) is 0.808. The van der Waals surface area contributed by atoms with Gasteiger partial charge in [0.25, 0.3) is 0 Å². The molecular formula is C13H21N3O3. The number of nitrogens with one attached hydrogen (secondary N) is 1. The third kappa shape index (κ3) is 4.65. The predicted octanol–water partition coefficient (Wildman–Crippen LogP) is 0.710. The molecule has 0 spiro atoms. The van der Waals surface area contributed by atoms with Crippen LogP contribution in [-0.4, -0.2) is 48.3 Å². The van der Waals surface area contributed by atoms with E-state index in [4.69, 9.17) is 9.26 Å². The summed E-state index contributed by atoms with van der Waals surface area (Å²) in [6.45, 7) is 7.24. The van der Waals surface area contributed by atoms with E-state index in [0.717, 1.165) is 44.1 Å². The number of carbonyl (C=O) groups excluding carboxylic acids is 1.